The lowest BCUT2D eigenvalue weighted by Gasteiger charge is -2.13. The first-order valence-corrected chi connectivity index (χ1v) is 6.76. The summed E-state index contributed by atoms with van der Waals surface area (Å²) in [5.74, 6) is 0.466. The van der Waals surface area contributed by atoms with E-state index in [-0.39, 0.29) is 25.0 Å². The number of hydrogen-bond donors (Lipinski definition) is 2. The summed E-state index contributed by atoms with van der Waals surface area (Å²) in [6.07, 6.45) is 2.54. The number of amides is 1. The van der Waals surface area contributed by atoms with Gasteiger partial charge in [-0.05, 0) is 29.7 Å². The van der Waals surface area contributed by atoms with Crippen LogP contribution in [0.2, 0.25) is 0 Å². The van der Waals surface area contributed by atoms with Gasteiger partial charge in [-0.15, -0.1) is 0 Å². The molecule has 0 radical (unpaired) electrons. The maximum atomic E-state index is 11.6. The van der Waals surface area contributed by atoms with Gasteiger partial charge >= 0.3 is 0 Å². The van der Waals surface area contributed by atoms with E-state index < -0.39 is 6.10 Å². The lowest BCUT2D eigenvalue weighted by Crippen LogP contribution is -2.33. The summed E-state index contributed by atoms with van der Waals surface area (Å²) in [7, 11) is 0. The van der Waals surface area contributed by atoms with Gasteiger partial charge in [0.25, 0.3) is 0 Å². The molecule has 1 aromatic rings. The molecule has 0 aliphatic rings. The van der Waals surface area contributed by atoms with Crippen molar-refractivity contribution < 1.29 is 14.6 Å². The number of hydrogen-bond acceptors (Lipinski definition) is 4. The van der Waals surface area contributed by atoms with E-state index in [2.05, 4.69) is 5.32 Å². The van der Waals surface area contributed by atoms with Crippen molar-refractivity contribution in [1.29, 1.82) is 5.26 Å². The molecule has 0 aromatic heterocycles. The van der Waals surface area contributed by atoms with Gasteiger partial charge in [0.2, 0.25) is 5.91 Å². The zero-order valence-electron chi connectivity index (χ0n) is 12.2. The number of nitriles is 1. The van der Waals surface area contributed by atoms with Crippen LogP contribution in [0.1, 0.15) is 19.4 Å². The summed E-state index contributed by atoms with van der Waals surface area (Å²) in [5, 5.41) is 20.6. The minimum Gasteiger partial charge on any atom is -0.479 e. The van der Waals surface area contributed by atoms with Crippen LogP contribution in [0.4, 0.5) is 0 Å². The minimum absolute atomic E-state index is 0.00969. The average molecular weight is 288 g/mol. The zero-order chi connectivity index (χ0) is 15.7. The van der Waals surface area contributed by atoms with Crippen molar-refractivity contribution in [3.8, 4) is 11.8 Å². The van der Waals surface area contributed by atoms with Crippen molar-refractivity contribution in [2.75, 3.05) is 13.2 Å². The van der Waals surface area contributed by atoms with Gasteiger partial charge in [0, 0.05) is 12.6 Å². The summed E-state index contributed by atoms with van der Waals surface area (Å²) in [5.41, 5.74) is 0.846. The maximum Gasteiger partial charge on any atom is 0.244 e. The predicted molar refractivity (Wildman–Crippen MR) is 80.4 cm³/mol. The Morgan fingerprint density at radius 1 is 1.43 bits per heavy atom. The van der Waals surface area contributed by atoms with Gasteiger partial charge in [-0.25, -0.2) is 0 Å². The zero-order valence-corrected chi connectivity index (χ0v) is 12.2. The standard InChI is InChI=1S/C16H20N2O3/c1-12(2)15(19)11-18-16(20)8-5-13-3-6-14(7-4-13)21-10-9-17/h3-8,12,15,19H,10-11H2,1-2H3,(H,18,20)/b8-5+. The van der Waals surface area contributed by atoms with Gasteiger partial charge in [0.1, 0.15) is 11.8 Å². The number of ether oxygens (including phenoxy) is 1. The molecule has 1 rings (SSSR count). The summed E-state index contributed by atoms with van der Waals surface area (Å²) < 4.78 is 5.13. The van der Waals surface area contributed by atoms with E-state index >= 15 is 0 Å². The number of carbonyl (C=O) groups excluding carboxylic acids is 1. The fraction of sp³-hybridized carbons (Fsp3) is 0.375. The molecule has 1 atom stereocenters. The molecular weight excluding hydrogens is 268 g/mol. The van der Waals surface area contributed by atoms with Crippen LogP contribution in [0, 0.1) is 17.2 Å². The van der Waals surface area contributed by atoms with Gasteiger partial charge in [-0.1, -0.05) is 26.0 Å². The van der Waals surface area contributed by atoms with Crippen molar-refractivity contribution in [2.24, 2.45) is 5.92 Å². The van der Waals surface area contributed by atoms with Gasteiger partial charge in [-0.2, -0.15) is 5.26 Å². The Kier molecular flexibility index (Phi) is 6.99. The van der Waals surface area contributed by atoms with E-state index in [0.29, 0.717) is 5.75 Å². The van der Waals surface area contributed by atoms with Gasteiger partial charge in [0.05, 0.1) is 6.10 Å². The van der Waals surface area contributed by atoms with Crippen LogP contribution in [0.25, 0.3) is 6.08 Å². The predicted octanol–water partition coefficient (Wildman–Crippen LogP) is 1.74. The molecule has 0 aliphatic heterocycles. The molecule has 0 saturated heterocycles. The Labute approximate surface area is 124 Å². The minimum atomic E-state index is -0.543. The topological polar surface area (TPSA) is 82.3 Å². The SMILES string of the molecule is CC(C)C(O)CNC(=O)/C=C/c1ccc(OCC#N)cc1. The molecule has 0 spiro atoms. The normalized spacial score (nSPS) is 12.1. The molecule has 1 aromatic carbocycles. The van der Waals surface area contributed by atoms with Crippen molar-refractivity contribution in [3.63, 3.8) is 0 Å². The van der Waals surface area contributed by atoms with Crippen molar-refractivity contribution in [3.05, 3.63) is 35.9 Å². The Morgan fingerprint density at radius 2 is 2.10 bits per heavy atom. The van der Waals surface area contributed by atoms with Crippen LogP contribution in [0.15, 0.2) is 30.3 Å². The largest absolute Gasteiger partial charge is 0.479 e. The Balaban J connectivity index is 2.45. The summed E-state index contributed by atoms with van der Waals surface area (Å²) in [6, 6.07) is 8.94. The Bertz CT molecular complexity index is 515. The van der Waals surface area contributed by atoms with Crippen LogP contribution in [0.5, 0.6) is 5.75 Å². The van der Waals surface area contributed by atoms with Crippen LogP contribution in [-0.4, -0.2) is 30.3 Å². The number of benzene rings is 1. The number of nitrogens with zero attached hydrogens (tertiary/aromatic N) is 1. The highest BCUT2D eigenvalue weighted by Gasteiger charge is 2.09. The molecule has 2 N–H and O–H groups in total. The van der Waals surface area contributed by atoms with Crippen molar-refractivity contribution >= 4 is 12.0 Å². The molecule has 5 heteroatoms. The quantitative estimate of drug-likeness (QED) is 0.749. The molecule has 0 saturated carbocycles. The first kappa shape index (κ1) is 16.7. The lowest BCUT2D eigenvalue weighted by atomic mass is 10.1. The molecule has 112 valence electrons. The third-order valence-electron chi connectivity index (χ3n) is 2.87. The van der Waals surface area contributed by atoms with Crippen LogP contribution in [-0.2, 0) is 4.79 Å². The highest BCUT2D eigenvalue weighted by atomic mass is 16.5. The smallest absolute Gasteiger partial charge is 0.244 e. The number of rotatable bonds is 7. The second-order valence-electron chi connectivity index (χ2n) is 4.91. The van der Waals surface area contributed by atoms with Crippen LogP contribution >= 0.6 is 0 Å². The molecular formula is C16H20N2O3. The maximum absolute atomic E-state index is 11.6. The van der Waals surface area contributed by atoms with Crippen LogP contribution in [0.3, 0.4) is 0 Å². The number of aliphatic hydroxyl groups excluding tert-OH is 1. The fourth-order valence-corrected chi connectivity index (χ4v) is 1.46. The van der Waals surface area contributed by atoms with Crippen LogP contribution < -0.4 is 10.1 Å². The first-order valence-electron chi connectivity index (χ1n) is 6.76. The molecule has 0 bridgehead atoms. The number of nitrogens with one attached hydrogen (secondary N) is 1. The highest BCUT2D eigenvalue weighted by molar-refractivity contribution is 5.91. The van der Waals surface area contributed by atoms with E-state index in [0.717, 1.165) is 5.56 Å². The molecule has 0 aliphatic carbocycles. The molecule has 1 amide bonds. The van der Waals surface area contributed by atoms with Crippen molar-refractivity contribution in [1.82, 2.24) is 5.32 Å². The molecule has 5 nitrogen and oxygen atoms in total. The third kappa shape index (κ3) is 6.59. The Hall–Kier alpha value is -2.32. The molecule has 0 heterocycles. The van der Waals surface area contributed by atoms with Gasteiger partial charge < -0.3 is 15.2 Å². The first-order chi connectivity index (χ1) is 10.0. The van der Waals surface area contributed by atoms with E-state index in [1.807, 2.05) is 19.9 Å². The molecule has 1 unspecified atom stereocenters. The molecule has 21 heavy (non-hydrogen) atoms. The average Bonchev–Trinajstić information content (AvgIpc) is 2.49. The third-order valence-corrected chi connectivity index (χ3v) is 2.87. The second-order valence-corrected chi connectivity index (χ2v) is 4.91. The second kappa shape index (κ2) is 8.77. The lowest BCUT2D eigenvalue weighted by molar-refractivity contribution is -0.117. The van der Waals surface area contributed by atoms with Gasteiger partial charge in [0.15, 0.2) is 6.61 Å². The van der Waals surface area contributed by atoms with E-state index in [1.54, 1.807) is 30.3 Å². The number of carbonyl (C=O) groups is 1. The van der Waals surface area contributed by atoms with Gasteiger partial charge in [-0.3, -0.25) is 4.79 Å². The Morgan fingerprint density at radius 3 is 2.67 bits per heavy atom. The van der Waals surface area contributed by atoms with E-state index in [4.69, 9.17) is 10.00 Å². The molecule has 0 fully saturated rings. The van der Waals surface area contributed by atoms with Crippen molar-refractivity contribution in [2.45, 2.75) is 20.0 Å². The fourth-order valence-electron chi connectivity index (χ4n) is 1.46. The monoisotopic (exact) mass is 288 g/mol. The highest BCUT2D eigenvalue weighted by Crippen LogP contribution is 2.12. The van der Waals surface area contributed by atoms with E-state index in [9.17, 15) is 9.90 Å². The number of aliphatic hydroxyl groups is 1. The summed E-state index contributed by atoms with van der Waals surface area (Å²) >= 11 is 0. The van der Waals surface area contributed by atoms with E-state index in [1.165, 1.54) is 6.08 Å². The summed E-state index contributed by atoms with van der Waals surface area (Å²) in [6.45, 7) is 4.03. The summed E-state index contributed by atoms with van der Waals surface area (Å²) in [4.78, 5) is 11.6.